The highest BCUT2D eigenvalue weighted by atomic mass is 32.2. The lowest BCUT2D eigenvalue weighted by atomic mass is 10.1. The molecule has 0 heterocycles. The minimum Gasteiger partial charge on any atom is -0.398 e. The first-order chi connectivity index (χ1) is 9.31. The molecule has 0 unspecified atom stereocenters. The van der Waals surface area contributed by atoms with Gasteiger partial charge in [0.05, 0.1) is 24.7 Å². The number of hydrogen-bond acceptors (Lipinski definition) is 5. The van der Waals surface area contributed by atoms with Crippen molar-refractivity contribution >= 4 is 15.7 Å². The van der Waals surface area contributed by atoms with Crippen molar-refractivity contribution in [3.8, 4) is 0 Å². The van der Waals surface area contributed by atoms with Gasteiger partial charge in [-0.05, 0) is 43.5 Å². The maximum Gasteiger partial charge on any atom is 0.241 e. The third-order valence-electron chi connectivity index (χ3n) is 3.12. The predicted octanol–water partition coefficient (Wildman–Crippen LogP) is 0.481. The van der Waals surface area contributed by atoms with Crippen molar-refractivity contribution in [1.82, 2.24) is 4.72 Å². The third-order valence-corrected chi connectivity index (χ3v) is 4.85. The Morgan fingerprint density at radius 2 is 1.90 bits per heavy atom. The molecule has 0 aromatic heterocycles. The van der Waals surface area contributed by atoms with Crippen LogP contribution in [0.3, 0.4) is 0 Å². The molecule has 1 aromatic carbocycles. The summed E-state index contributed by atoms with van der Waals surface area (Å²) in [6.07, 6.45) is 0. The first kappa shape index (κ1) is 16.9. The molecule has 6 nitrogen and oxygen atoms in total. The summed E-state index contributed by atoms with van der Waals surface area (Å²) < 4.78 is 32.2. The fraction of sp³-hybridized carbons (Fsp3) is 0.538. The summed E-state index contributed by atoms with van der Waals surface area (Å²) in [5.41, 5.74) is 8.39. The van der Waals surface area contributed by atoms with E-state index in [-0.39, 0.29) is 31.3 Å². The number of nitrogens with two attached hydrogens (primary N) is 1. The lowest BCUT2D eigenvalue weighted by Gasteiger charge is -2.16. The Labute approximate surface area is 120 Å². The van der Waals surface area contributed by atoms with Crippen molar-refractivity contribution in [2.24, 2.45) is 0 Å². The number of benzene rings is 1. The number of ether oxygens (including phenoxy) is 1. The Kier molecular flexibility index (Phi) is 5.94. The number of nitrogens with one attached hydrogen (secondary N) is 1. The van der Waals surface area contributed by atoms with Gasteiger partial charge in [0.25, 0.3) is 0 Å². The summed E-state index contributed by atoms with van der Waals surface area (Å²) in [5.74, 6) is 0. The smallest absolute Gasteiger partial charge is 0.241 e. The van der Waals surface area contributed by atoms with Crippen molar-refractivity contribution in [3.05, 3.63) is 22.8 Å². The van der Waals surface area contributed by atoms with E-state index in [4.69, 9.17) is 15.6 Å². The highest BCUT2D eigenvalue weighted by molar-refractivity contribution is 7.89. The summed E-state index contributed by atoms with van der Waals surface area (Å²) in [7, 11) is -3.63. The molecule has 0 aliphatic carbocycles. The first-order valence-electron chi connectivity index (χ1n) is 6.35. The fourth-order valence-corrected chi connectivity index (χ4v) is 3.51. The molecule has 0 spiro atoms. The Bertz CT molecular complexity index is 544. The van der Waals surface area contributed by atoms with Crippen LogP contribution in [0, 0.1) is 20.8 Å². The normalized spacial score (nSPS) is 11.8. The van der Waals surface area contributed by atoms with E-state index < -0.39 is 10.0 Å². The van der Waals surface area contributed by atoms with E-state index in [0.29, 0.717) is 16.8 Å². The lowest BCUT2D eigenvalue weighted by molar-refractivity contribution is 0.0961. The summed E-state index contributed by atoms with van der Waals surface area (Å²) in [5, 5.41) is 8.56. The van der Waals surface area contributed by atoms with Crippen LogP contribution in [0.4, 0.5) is 5.69 Å². The molecule has 0 aliphatic heterocycles. The lowest BCUT2D eigenvalue weighted by Crippen LogP contribution is -2.29. The third kappa shape index (κ3) is 3.92. The van der Waals surface area contributed by atoms with Crippen molar-refractivity contribution in [3.63, 3.8) is 0 Å². The van der Waals surface area contributed by atoms with Crippen LogP contribution in [0.15, 0.2) is 11.0 Å². The predicted molar refractivity (Wildman–Crippen MR) is 78.2 cm³/mol. The van der Waals surface area contributed by atoms with Gasteiger partial charge in [0.1, 0.15) is 0 Å². The van der Waals surface area contributed by atoms with Gasteiger partial charge in [-0.15, -0.1) is 0 Å². The van der Waals surface area contributed by atoms with Crippen LogP contribution in [0.25, 0.3) is 0 Å². The van der Waals surface area contributed by atoms with Gasteiger partial charge >= 0.3 is 0 Å². The van der Waals surface area contributed by atoms with Crippen molar-refractivity contribution < 1.29 is 18.3 Å². The molecule has 7 heteroatoms. The molecule has 20 heavy (non-hydrogen) atoms. The topological polar surface area (TPSA) is 102 Å². The molecular weight excluding hydrogens is 280 g/mol. The van der Waals surface area contributed by atoms with Crippen LogP contribution in [0.1, 0.15) is 16.7 Å². The number of nitrogen functional groups attached to an aromatic ring is 1. The average Bonchev–Trinajstić information content (AvgIpc) is 2.36. The van der Waals surface area contributed by atoms with Crippen LogP contribution in [0.5, 0.6) is 0 Å². The summed E-state index contributed by atoms with van der Waals surface area (Å²) in [6, 6.07) is 1.77. The first-order valence-corrected chi connectivity index (χ1v) is 7.84. The minimum atomic E-state index is -3.63. The molecule has 0 radical (unpaired) electrons. The molecule has 1 aromatic rings. The molecule has 114 valence electrons. The van der Waals surface area contributed by atoms with Gasteiger partial charge in [-0.25, -0.2) is 13.1 Å². The number of aliphatic hydroxyl groups excluding tert-OH is 1. The highest BCUT2D eigenvalue weighted by Gasteiger charge is 2.21. The Morgan fingerprint density at radius 1 is 1.25 bits per heavy atom. The zero-order valence-electron chi connectivity index (χ0n) is 12.1. The Morgan fingerprint density at radius 3 is 2.50 bits per heavy atom. The van der Waals surface area contributed by atoms with E-state index in [2.05, 4.69) is 4.72 Å². The van der Waals surface area contributed by atoms with Gasteiger partial charge in [0.15, 0.2) is 0 Å². The summed E-state index contributed by atoms with van der Waals surface area (Å²) in [6.45, 7) is 5.75. The van der Waals surface area contributed by atoms with Crippen LogP contribution in [0.2, 0.25) is 0 Å². The molecule has 0 aliphatic rings. The number of anilines is 1. The SMILES string of the molecule is Cc1cc(N)c(C)c(S(=O)(=O)NCCOCCO)c1C. The highest BCUT2D eigenvalue weighted by Crippen LogP contribution is 2.27. The standard InChI is InChI=1S/C13H22N2O4S/c1-9-8-12(14)11(3)13(10(9)2)20(17,18)15-4-6-19-7-5-16/h8,15-16H,4-7,14H2,1-3H3. The number of aliphatic hydroxyl groups is 1. The average molecular weight is 302 g/mol. The second-order valence-electron chi connectivity index (χ2n) is 4.60. The summed E-state index contributed by atoms with van der Waals surface area (Å²) >= 11 is 0. The van der Waals surface area contributed by atoms with Crippen molar-refractivity contribution in [1.29, 1.82) is 0 Å². The Balaban J connectivity index is 2.93. The van der Waals surface area contributed by atoms with E-state index in [0.717, 1.165) is 5.56 Å². The van der Waals surface area contributed by atoms with Crippen molar-refractivity contribution in [2.45, 2.75) is 25.7 Å². The quantitative estimate of drug-likeness (QED) is 0.502. The maximum atomic E-state index is 12.3. The van der Waals surface area contributed by atoms with Crippen LogP contribution >= 0.6 is 0 Å². The number of hydrogen-bond donors (Lipinski definition) is 3. The molecule has 4 N–H and O–H groups in total. The second kappa shape index (κ2) is 7.03. The molecule has 0 saturated heterocycles. The van der Waals surface area contributed by atoms with E-state index in [9.17, 15) is 8.42 Å². The summed E-state index contributed by atoms with van der Waals surface area (Å²) in [4.78, 5) is 0.233. The fourth-order valence-electron chi connectivity index (χ4n) is 1.93. The molecular formula is C13H22N2O4S. The Hall–Kier alpha value is -1.15. The molecule has 0 saturated carbocycles. The van der Waals surface area contributed by atoms with Gasteiger partial charge in [-0.1, -0.05) is 0 Å². The monoisotopic (exact) mass is 302 g/mol. The number of rotatable bonds is 7. The molecule has 0 amide bonds. The van der Waals surface area contributed by atoms with E-state index in [1.54, 1.807) is 19.9 Å². The van der Waals surface area contributed by atoms with Gasteiger partial charge < -0.3 is 15.6 Å². The van der Waals surface area contributed by atoms with Crippen LogP contribution in [-0.4, -0.2) is 39.9 Å². The molecule has 0 atom stereocenters. The largest absolute Gasteiger partial charge is 0.398 e. The second-order valence-corrected chi connectivity index (χ2v) is 6.30. The van der Waals surface area contributed by atoms with Gasteiger partial charge in [-0.2, -0.15) is 0 Å². The van der Waals surface area contributed by atoms with E-state index >= 15 is 0 Å². The van der Waals surface area contributed by atoms with Crippen molar-refractivity contribution in [2.75, 3.05) is 32.1 Å². The van der Waals surface area contributed by atoms with Gasteiger partial charge in [0.2, 0.25) is 10.0 Å². The zero-order valence-corrected chi connectivity index (χ0v) is 12.9. The van der Waals surface area contributed by atoms with Gasteiger partial charge in [-0.3, -0.25) is 0 Å². The van der Waals surface area contributed by atoms with E-state index in [1.807, 2.05) is 6.92 Å². The van der Waals surface area contributed by atoms with Gasteiger partial charge in [0, 0.05) is 12.2 Å². The minimum absolute atomic E-state index is 0.0839. The number of aryl methyl sites for hydroxylation is 1. The number of sulfonamides is 1. The van der Waals surface area contributed by atoms with E-state index in [1.165, 1.54) is 0 Å². The molecule has 0 bridgehead atoms. The zero-order chi connectivity index (χ0) is 15.3. The molecule has 1 rings (SSSR count). The van der Waals surface area contributed by atoms with Crippen LogP contribution < -0.4 is 10.5 Å². The van der Waals surface area contributed by atoms with Crippen LogP contribution in [-0.2, 0) is 14.8 Å². The maximum absolute atomic E-state index is 12.3. The molecule has 0 fully saturated rings.